The van der Waals surface area contributed by atoms with Gasteiger partial charge in [0.2, 0.25) is 0 Å². The topological polar surface area (TPSA) is 3.24 Å². The van der Waals surface area contributed by atoms with E-state index in [0.29, 0.717) is 0 Å². The third kappa shape index (κ3) is 5.29. The second-order valence-corrected chi connectivity index (χ2v) is 20.5. The lowest BCUT2D eigenvalue weighted by Gasteiger charge is -2.34. The molecule has 1 aromatic heterocycles. The summed E-state index contributed by atoms with van der Waals surface area (Å²) in [7, 11) is 0. The molecule has 0 unspecified atom stereocenters. The van der Waals surface area contributed by atoms with Crippen molar-refractivity contribution in [1.82, 2.24) is 0 Å². The zero-order chi connectivity index (χ0) is 46.4. The fourth-order valence-corrected chi connectivity index (χ4v) is 14.2. The molecule has 1 spiro atoms. The molecule has 2 heteroatoms. The van der Waals surface area contributed by atoms with E-state index in [1.165, 1.54) is 130 Å². The van der Waals surface area contributed by atoms with E-state index in [9.17, 15) is 0 Å². The summed E-state index contributed by atoms with van der Waals surface area (Å²) in [5.41, 5.74) is 15.7. The predicted molar refractivity (Wildman–Crippen MR) is 303 cm³/mol. The predicted octanol–water partition coefficient (Wildman–Crippen LogP) is 19.3. The molecule has 2 aliphatic rings. The Morgan fingerprint density at radius 3 is 1.42 bits per heavy atom. The summed E-state index contributed by atoms with van der Waals surface area (Å²) in [6, 6.07) is 94.2. The normalized spacial score (nSPS) is 13.2. The van der Waals surface area contributed by atoms with Crippen LogP contribution in [0.25, 0.3) is 107 Å². The Bertz CT molecular complexity index is 4530. The number of fused-ring (bicyclic) bond motifs is 22. The van der Waals surface area contributed by atoms with Crippen molar-refractivity contribution in [3.8, 4) is 33.4 Å². The van der Waals surface area contributed by atoms with Gasteiger partial charge in [0.15, 0.2) is 0 Å². The largest absolute Gasteiger partial charge is 0.309 e. The molecular weight excluding hydrogens is 875 g/mol. The molecule has 13 aromatic carbocycles. The summed E-state index contributed by atoms with van der Waals surface area (Å²) in [4.78, 5) is 2.62. The minimum atomic E-state index is -0.532. The van der Waals surface area contributed by atoms with Gasteiger partial charge in [-0.15, -0.1) is 11.3 Å². The highest BCUT2D eigenvalue weighted by molar-refractivity contribution is 7.25. The molecular formula is C69H41NS. The van der Waals surface area contributed by atoms with Crippen molar-refractivity contribution in [3.05, 3.63) is 271 Å². The number of thiophene rings is 1. The van der Waals surface area contributed by atoms with Crippen LogP contribution in [0, 0.1) is 0 Å². The van der Waals surface area contributed by atoms with Gasteiger partial charge >= 0.3 is 0 Å². The van der Waals surface area contributed by atoms with Crippen molar-refractivity contribution in [2.45, 2.75) is 5.41 Å². The standard InChI is InChI=1S/C69H41NS/c1-2-18-45-42(17-1)38-65(55-27-8-7-19-46(45)55)70(44-34-35-51-49-22-4-3-20-47(49)48-21-5-6-23-50(48)58(51)39-44)66-41-64-59(40-57(66)43-33-36-68-60(37-43)56-28-12-16-32-67(56)71-68)54-26-11-15-31-63(54)69(64)61-29-13-9-24-52(61)53-25-10-14-30-62(53)69/h1-41H. The number of anilines is 3. The van der Waals surface area contributed by atoms with Crippen molar-refractivity contribution < 1.29 is 0 Å². The van der Waals surface area contributed by atoms with Crippen LogP contribution in [0.3, 0.4) is 0 Å². The van der Waals surface area contributed by atoms with Crippen molar-refractivity contribution in [1.29, 1.82) is 0 Å². The minimum absolute atomic E-state index is 0.532. The van der Waals surface area contributed by atoms with Gasteiger partial charge in [-0.2, -0.15) is 0 Å². The van der Waals surface area contributed by atoms with Crippen LogP contribution >= 0.6 is 11.3 Å². The quantitative estimate of drug-likeness (QED) is 0.159. The van der Waals surface area contributed by atoms with Crippen molar-refractivity contribution in [2.24, 2.45) is 0 Å². The molecule has 0 radical (unpaired) electrons. The molecule has 328 valence electrons. The van der Waals surface area contributed by atoms with Gasteiger partial charge in [0.1, 0.15) is 0 Å². The molecule has 0 amide bonds. The van der Waals surface area contributed by atoms with Crippen LogP contribution in [0.15, 0.2) is 249 Å². The van der Waals surface area contributed by atoms with Gasteiger partial charge in [-0.3, -0.25) is 0 Å². The zero-order valence-electron chi connectivity index (χ0n) is 38.5. The first-order valence-electron chi connectivity index (χ1n) is 24.7. The lowest BCUT2D eigenvalue weighted by Crippen LogP contribution is -2.26. The molecule has 0 N–H and O–H groups in total. The number of hydrogen-bond acceptors (Lipinski definition) is 2. The Labute approximate surface area is 414 Å². The van der Waals surface area contributed by atoms with Gasteiger partial charge in [-0.25, -0.2) is 0 Å². The lowest BCUT2D eigenvalue weighted by molar-refractivity contribution is 0.794. The summed E-state index contributed by atoms with van der Waals surface area (Å²) >= 11 is 1.87. The smallest absolute Gasteiger partial charge is 0.0726 e. The Kier molecular flexibility index (Phi) is 8.04. The molecule has 0 atom stereocenters. The van der Waals surface area contributed by atoms with Gasteiger partial charge in [-0.1, -0.05) is 200 Å². The average molecular weight is 916 g/mol. The Morgan fingerprint density at radius 2 is 0.761 bits per heavy atom. The molecule has 0 fully saturated rings. The van der Waals surface area contributed by atoms with Gasteiger partial charge in [0.05, 0.1) is 16.8 Å². The number of benzene rings is 13. The van der Waals surface area contributed by atoms with Crippen LogP contribution in [0.2, 0.25) is 0 Å². The summed E-state index contributed by atoms with van der Waals surface area (Å²) in [6.07, 6.45) is 0. The monoisotopic (exact) mass is 915 g/mol. The first-order chi connectivity index (χ1) is 35.2. The third-order valence-corrected chi connectivity index (χ3v) is 17.2. The van der Waals surface area contributed by atoms with Crippen LogP contribution in [0.4, 0.5) is 17.1 Å². The molecule has 2 aliphatic carbocycles. The second kappa shape index (κ2) is 14.6. The summed E-state index contributed by atoms with van der Waals surface area (Å²) in [5, 5.41) is 15.0. The molecule has 16 rings (SSSR count). The van der Waals surface area contributed by atoms with E-state index in [-0.39, 0.29) is 0 Å². The molecule has 0 saturated carbocycles. The Morgan fingerprint density at radius 1 is 0.268 bits per heavy atom. The lowest BCUT2D eigenvalue weighted by atomic mass is 9.70. The maximum atomic E-state index is 2.62. The highest BCUT2D eigenvalue weighted by Gasteiger charge is 2.52. The number of hydrogen-bond donors (Lipinski definition) is 0. The molecule has 1 heterocycles. The van der Waals surface area contributed by atoms with Crippen molar-refractivity contribution in [2.75, 3.05) is 4.90 Å². The van der Waals surface area contributed by atoms with Gasteiger partial charge in [0.25, 0.3) is 0 Å². The third-order valence-electron chi connectivity index (χ3n) is 16.0. The van der Waals surface area contributed by atoms with Crippen LogP contribution in [0.1, 0.15) is 22.3 Å². The van der Waals surface area contributed by atoms with Crippen LogP contribution in [0.5, 0.6) is 0 Å². The first kappa shape index (κ1) is 39.1. The highest BCUT2D eigenvalue weighted by atomic mass is 32.1. The molecule has 0 saturated heterocycles. The highest BCUT2D eigenvalue weighted by Crippen LogP contribution is 2.64. The first-order valence-corrected chi connectivity index (χ1v) is 25.5. The number of nitrogens with zero attached hydrogens (tertiary/aromatic N) is 1. The van der Waals surface area contributed by atoms with Crippen LogP contribution in [-0.2, 0) is 5.41 Å². The molecule has 0 bridgehead atoms. The van der Waals surface area contributed by atoms with E-state index in [1.54, 1.807) is 0 Å². The Balaban J connectivity index is 1.09. The van der Waals surface area contributed by atoms with Gasteiger partial charge in [-0.05, 0) is 147 Å². The Hall–Kier alpha value is -8.82. The van der Waals surface area contributed by atoms with E-state index < -0.39 is 5.41 Å². The fraction of sp³-hybridized carbons (Fsp3) is 0.0145. The summed E-state index contributed by atoms with van der Waals surface area (Å²) < 4.78 is 2.61. The fourth-order valence-electron chi connectivity index (χ4n) is 13.1. The van der Waals surface area contributed by atoms with Crippen molar-refractivity contribution >= 4 is 102 Å². The summed E-state index contributed by atoms with van der Waals surface area (Å²) in [6.45, 7) is 0. The van der Waals surface area contributed by atoms with Gasteiger partial charge < -0.3 is 4.90 Å². The maximum absolute atomic E-state index is 2.62. The van der Waals surface area contributed by atoms with E-state index >= 15 is 0 Å². The van der Waals surface area contributed by atoms with E-state index in [2.05, 4.69) is 254 Å². The SMILES string of the molecule is c1ccc2c(c1)-c1ccccc1C21c2ccccc2-c2cc(-c3ccc4sc5ccccc5c4c3)c(N(c3ccc4c5ccccc5c5ccccc5c4c3)c3cc4ccccc4c4ccccc34)cc21. The van der Waals surface area contributed by atoms with E-state index in [4.69, 9.17) is 0 Å². The average Bonchev–Trinajstić information content (AvgIpc) is 4.07. The van der Waals surface area contributed by atoms with E-state index in [1.807, 2.05) is 11.3 Å². The second-order valence-electron chi connectivity index (χ2n) is 19.4. The molecule has 0 aliphatic heterocycles. The maximum Gasteiger partial charge on any atom is 0.0726 e. The summed E-state index contributed by atoms with van der Waals surface area (Å²) in [5.74, 6) is 0. The van der Waals surface area contributed by atoms with Gasteiger partial charge in [0, 0.05) is 36.8 Å². The molecule has 71 heavy (non-hydrogen) atoms. The minimum Gasteiger partial charge on any atom is -0.309 e. The van der Waals surface area contributed by atoms with Crippen LogP contribution < -0.4 is 4.90 Å². The molecule has 1 nitrogen and oxygen atoms in total. The number of rotatable bonds is 4. The zero-order valence-corrected chi connectivity index (χ0v) is 39.3. The van der Waals surface area contributed by atoms with E-state index in [0.717, 1.165) is 17.1 Å². The molecule has 14 aromatic rings. The van der Waals surface area contributed by atoms with Crippen molar-refractivity contribution in [3.63, 3.8) is 0 Å². The van der Waals surface area contributed by atoms with Crippen LogP contribution in [-0.4, -0.2) is 0 Å².